The minimum Gasteiger partial charge on any atom is -0.507 e. The fourth-order valence-corrected chi connectivity index (χ4v) is 1.92. The molecule has 1 amide bonds. The maximum absolute atomic E-state index is 12.1. The van der Waals surface area contributed by atoms with Crippen molar-refractivity contribution >= 4 is 29.2 Å². The number of carbonyl (C=O) groups excluding carboxylic acids is 1. The van der Waals surface area contributed by atoms with Crippen LogP contribution in [0, 0.1) is 0 Å². The fourth-order valence-electron chi connectivity index (χ4n) is 1.75. The number of aromatic hydroxyl groups is 2. The zero-order chi connectivity index (χ0) is 15.6. The lowest BCUT2D eigenvalue weighted by molar-refractivity contribution is 0.0698. The van der Waals surface area contributed by atoms with E-state index in [0.29, 0.717) is 0 Å². The van der Waals surface area contributed by atoms with E-state index in [1.165, 1.54) is 36.4 Å². The van der Waals surface area contributed by atoms with Crippen LogP contribution in [0.1, 0.15) is 20.7 Å². The summed E-state index contributed by atoms with van der Waals surface area (Å²) >= 11 is 5.71. The highest BCUT2D eigenvalue weighted by atomic mass is 35.5. The monoisotopic (exact) mass is 307 g/mol. The van der Waals surface area contributed by atoms with Crippen LogP contribution < -0.4 is 5.32 Å². The molecule has 0 saturated heterocycles. The summed E-state index contributed by atoms with van der Waals surface area (Å²) < 4.78 is 0. The van der Waals surface area contributed by atoms with Crippen LogP contribution in [0.3, 0.4) is 0 Å². The number of nitrogens with one attached hydrogen (secondary N) is 1. The second-order valence-corrected chi connectivity index (χ2v) is 4.56. The Kier molecular flexibility index (Phi) is 4.00. The highest BCUT2D eigenvalue weighted by molar-refractivity contribution is 6.31. The summed E-state index contributed by atoms with van der Waals surface area (Å²) in [6.45, 7) is 0. The summed E-state index contributed by atoms with van der Waals surface area (Å²) in [5.41, 5.74) is -0.547. The van der Waals surface area contributed by atoms with Crippen LogP contribution in [0.2, 0.25) is 5.02 Å². The van der Waals surface area contributed by atoms with Crippen molar-refractivity contribution in [3.63, 3.8) is 0 Å². The summed E-state index contributed by atoms with van der Waals surface area (Å²) in [4.78, 5) is 23.2. The van der Waals surface area contributed by atoms with Gasteiger partial charge in [-0.2, -0.15) is 0 Å². The number of phenolic OH excluding ortho intramolecular Hbond substituents is 2. The lowest BCUT2D eigenvalue weighted by atomic mass is 10.1. The number of rotatable bonds is 3. The second kappa shape index (κ2) is 5.72. The molecule has 0 aliphatic heterocycles. The predicted octanol–water partition coefficient (Wildman–Crippen LogP) is 2.70. The van der Waals surface area contributed by atoms with Gasteiger partial charge in [-0.3, -0.25) is 4.79 Å². The Balaban J connectivity index is 2.39. The van der Waals surface area contributed by atoms with Crippen molar-refractivity contribution in [3.8, 4) is 11.5 Å². The average Bonchev–Trinajstić information content (AvgIpc) is 2.40. The van der Waals surface area contributed by atoms with Crippen molar-refractivity contribution in [2.45, 2.75) is 0 Å². The molecule has 6 nitrogen and oxygen atoms in total. The van der Waals surface area contributed by atoms with Crippen LogP contribution in [-0.2, 0) is 0 Å². The molecule has 0 radical (unpaired) electrons. The van der Waals surface area contributed by atoms with Crippen LogP contribution in [0.25, 0.3) is 0 Å². The number of amides is 1. The van der Waals surface area contributed by atoms with E-state index in [1.54, 1.807) is 0 Å². The maximum Gasteiger partial charge on any atom is 0.337 e. The number of benzene rings is 2. The van der Waals surface area contributed by atoms with Gasteiger partial charge >= 0.3 is 5.97 Å². The number of halogens is 1. The summed E-state index contributed by atoms with van der Waals surface area (Å²) in [5, 5.41) is 30.8. The van der Waals surface area contributed by atoms with Gasteiger partial charge in [0.2, 0.25) is 0 Å². The first-order valence-electron chi connectivity index (χ1n) is 5.75. The molecule has 0 bridgehead atoms. The molecule has 2 aromatic carbocycles. The molecular formula is C14H10ClNO5. The van der Waals surface area contributed by atoms with Gasteiger partial charge in [-0.15, -0.1) is 0 Å². The minimum atomic E-state index is -1.27. The first-order valence-corrected chi connectivity index (χ1v) is 6.13. The molecule has 0 atom stereocenters. The third kappa shape index (κ3) is 3.06. The van der Waals surface area contributed by atoms with E-state index in [4.69, 9.17) is 16.7 Å². The molecule has 0 aliphatic rings. The fraction of sp³-hybridized carbons (Fsp3) is 0. The van der Waals surface area contributed by atoms with Crippen LogP contribution in [0.15, 0.2) is 36.4 Å². The number of phenols is 2. The van der Waals surface area contributed by atoms with Crippen molar-refractivity contribution in [1.29, 1.82) is 0 Å². The highest BCUT2D eigenvalue weighted by Crippen LogP contribution is 2.28. The molecule has 0 aromatic heterocycles. The Morgan fingerprint density at radius 2 is 1.67 bits per heavy atom. The van der Waals surface area contributed by atoms with E-state index in [-0.39, 0.29) is 21.8 Å². The highest BCUT2D eigenvalue weighted by Gasteiger charge is 2.19. The molecule has 4 N–H and O–H groups in total. The number of aromatic carboxylic acids is 1. The van der Waals surface area contributed by atoms with Crippen LogP contribution in [0.5, 0.6) is 11.5 Å². The van der Waals surface area contributed by atoms with E-state index in [9.17, 15) is 19.8 Å². The Morgan fingerprint density at radius 3 is 2.24 bits per heavy atom. The SMILES string of the molecule is O=C(O)c1cc(Cl)ccc1NC(=O)c1c(O)cccc1O. The first kappa shape index (κ1) is 14.7. The zero-order valence-corrected chi connectivity index (χ0v) is 11.3. The van der Waals surface area contributed by atoms with Crippen LogP contribution >= 0.6 is 11.6 Å². The molecule has 0 saturated carbocycles. The number of carboxylic acids is 1. The molecule has 2 rings (SSSR count). The molecule has 0 aliphatic carbocycles. The van der Waals surface area contributed by atoms with E-state index in [1.807, 2.05) is 0 Å². The molecule has 108 valence electrons. The molecule has 7 heteroatoms. The minimum absolute atomic E-state index is 0.000414. The van der Waals surface area contributed by atoms with Gasteiger partial charge in [0, 0.05) is 5.02 Å². The molecular weight excluding hydrogens is 298 g/mol. The number of carbonyl (C=O) groups is 2. The van der Waals surface area contributed by atoms with Gasteiger partial charge in [0.25, 0.3) is 5.91 Å². The topological polar surface area (TPSA) is 107 Å². The van der Waals surface area contributed by atoms with Crippen molar-refractivity contribution in [1.82, 2.24) is 0 Å². The summed E-state index contributed by atoms with van der Waals surface area (Å²) in [5.74, 6) is -2.94. The zero-order valence-electron chi connectivity index (χ0n) is 10.5. The van der Waals surface area contributed by atoms with Crippen molar-refractivity contribution < 1.29 is 24.9 Å². The van der Waals surface area contributed by atoms with Crippen molar-refractivity contribution in [2.75, 3.05) is 5.32 Å². The maximum atomic E-state index is 12.1. The molecule has 0 heterocycles. The standard InChI is InChI=1S/C14H10ClNO5/c15-7-4-5-9(8(6-7)14(20)21)16-13(19)12-10(17)2-1-3-11(12)18/h1-6,17-18H,(H,16,19)(H,20,21). The quantitative estimate of drug-likeness (QED) is 0.697. The van der Waals surface area contributed by atoms with Crippen molar-refractivity contribution in [2.24, 2.45) is 0 Å². The van der Waals surface area contributed by atoms with Crippen molar-refractivity contribution in [3.05, 3.63) is 52.5 Å². The third-order valence-corrected chi connectivity index (χ3v) is 2.94. The summed E-state index contributed by atoms with van der Waals surface area (Å²) in [7, 11) is 0. The van der Waals surface area contributed by atoms with Gasteiger partial charge in [0.05, 0.1) is 11.3 Å². The van der Waals surface area contributed by atoms with Gasteiger partial charge in [0.15, 0.2) is 0 Å². The largest absolute Gasteiger partial charge is 0.507 e. The molecule has 0 unspecified atom stereocenters. The van der Waals surface area contributed by atoms with Crippen LogP contribution in [-0.4, -0.2) is 27.2 Å². The third-order valence-electron chi connectivity index (χ3n) is 2.71. The van der Waals surface area contributed by atoms with E-state index in [2.05, 4.69) is 5.32 Å². The van der Waals surface area contributed by atoms with E-state index in [0.717, 1.165) is 0 Å². The molecule has 0 fully saturated rings. The van der Waals surface area contributed by atoms with E-state index >= 15 is 0 Å². The Hall–Kier alpha value is -2.73. The predicted molar refractivity (Wildman–Crippen MR) is 76.1 cm³/mol. The number of anilines is 1. The number of hydrogen-bond donors (Lipinski definition) is 4. The molecule has 0 spiro atoms. The van der Waals surface area contributed by atoms with Gasteiger partial charge in [-0.05, 0) is 30.3 Å². The Labute approximate surface area is 124 Å². The lowest BCUT2D eigenvalue weighted by Gasteiger charge is -2.10. The number of carboxylic acid groups (broad SMARTS) is 1. The molecule has 2 aromatic rings. The summed E-state index contributed by atoms with van der Waals surface area (Å²) in [6, 6.07) is 7.74. The summed E-state index contributed by atoms with van der Waals surface area (Å²) in [6.07, 6.45) is 0. The second-order valence-electron chi connectivity index (χ2n) is 4.12. The Bertz CT molecular complexity index is 709. The number of hydrogen-bond acceptors (Lipinski definition) is 4. The van der Waals surface area contributed by atoms with Gasteiger partial charge < -0.3 is 20.6 Å². The lowest BCUT2D eigenvalue weighted by Crippen LogP contribution is -2.15. The Morgan fingerprint density at radius 1 is 1.05 bits per heavy atom. The normalized spacial score (nSPS) is 10.1. The van der Waals surface area contributed by atoms with Gasteiger partial charge in [-0.1, -0.05) is 17.7 Å². The van der Waals surface area contributed by atoms with Gasteiger partial charge in [0.1, 0.15) is 17.1 Å². The smallest absolute Gasteiger partial charge is 0.337 e. The van der Waals surface area contributed by atoms with Gasteiger partial charge in [-0.25, -0.2) is 4.79 Å². The average molecular weight is 308 g/mol. The van der Waals surface area contributed by atoms with Crippen LogP contribution in [0.4, 0.5) is 5.69 Å². The first-order chi connectivity index (χ1) is 9.90. The molecule has 21 heavy (non-hydrogen) atoms. The van der Waals surface area contributed by atoms with E-state index < -0.39 is 23.4 Å².